The van der Waals surface area contributed by atoms with Gasteiger partial charge in [-0.1, -0.05) is 94.3 Å². The summed E-state index contributed by atoms with van der Waals surface area (Å²) in [6.07, 6.45) is 0.238. The molecule has 0 saturated heterocycles. The number of amides is 2. The number of carbonyl (C=O) groups excluding carboxylic acids is 2. The molecule has 4 aromatic rings. The number of nitrogens with one attached hydrogen (secondary N) is 1. The Balaban J connectivity index is 1.81. The van der Waals surface area contributed by atoms with Crippen LogP contribution in [-0.4, -0.2) is 44.8 Å². The topological polar surface area (TPSA) is 86.8 Å². The Hall–Kier alpha value is -3.66. The van der Waals surface area contributed by atoms with Gasteiger partial charge in [-0.3, -0.25) is 13.9 Å². The molecule has 4 aromatic carbocycles. The van der Waals surface area contributed by atoms with Crippen LogP contribution in [0.3, 0.4) is 0 Å². The average Bonchev–Trinajstić information content (AvgIpc) is 2.99. The van der Waals surface area contributed by atoms with Gasteiger partial charge < -0.3 is 10.2 Å². The summed E-state index contributed by atoms with van der Waals surface area (Å²) >= 11 is 9.78. The van der Waals surface area contributed by atoms with Crippen molar-refractivity contribution in [3.8, 4) is 0 Å². The smallest absolute Gasteiger partial charge is 0.264 e. The van der Waals surface area contributed by atoms with Gasteiger partial charge in [-0.2, -0.15) is 0 Å². The van der Waals surface area contributed by atoms with E-state index in [1.807, 2.05) is 54.6 Å². The lowest BCUT2D eigenvalue weighted by Crippen LogP contribution is -2.53. The minimum Gasteiger partial charge on any atom is -0.357 e. The molecule has 7 nitrogen and oxygen atoms in total. The highest BCUT2D eigenvalue weighted by molar-refractivity contribution is 9.10. The van der Waals surface area contributed by atoms with Gasteiger partial charge in [0.05, 0.1) is 10.6 Å². The van der Waals surface area contributed by atoms with E-state index in [-0.39, 0.29) is 29.5 Å². The van der Waals surface area contributed by atoms with Gasteiger partial charge in [0.15, 0.2) is 0 Å². The molecule has 0 aliphatic carbocycles. The summed E-state index contributed by atoms with van der Waals surface area (Å²) in [6, 6.07) is 28.7. The predicted molar refractivity (Wildman–Crippen MR) is 170 cm³/mol. The summed E-state index contributed by atoms with van der Waals surface area (Å²) in [5, 5.41) is 3.01. The first kappa shape index (κ1) is 31.3. The van der Waals surface area contributed by atoms with E-state index in [0.717, 1.165) is 19.9 Å². The zero-order chi connectivity index (χ0) is 30.3. The summed E-state index contributed by atoms with van der Waals surface area (Å²) in [4.78, 5) is 29.1. The maximum absolute atomic E-state index is 14.3. The van der Waals surface area contributed by atoms with E-state index in [1.54, 1.807) is 37.3 Å². The molecule has 0 fully saturated rings. The minimum absolute atomic E-state index is 0.0304. The highest BCUT2D eigenvalue weighted by Crippen LogP contribution is 2.30. The van der Waals surface area contributed by atoms with E-state index in [4.69, 9.17) is 11.6 Å². The number of rotatable bonds is 11. The first-order chi connectivity index (χ1) is 20.1. The number of anilines is 1. The third-order valence-corrected chi connectivity index (χ3v) is 9.31. The Morgan fingerprint density at radius 1 is 0.881 bits per heavy atom. The molecule has 218 valence electrons. The standard InChI is InChI=1S/C32H31BrClN3O4S/c1-23-16-17-27(34)20-29(23)37(42(40,41)28-14-7-4-8-15-28)22-31(38)36(21-25-12-9-13-26(33)18-25)30(32(39)35-2)19-24-10-5-3-6-11-24/h3-18,20,30H,19,21-22H2,1-2H3,(H,35,39). The molecule has 0 aromatic heterocycles. The molecule has 0 aliphatic heterocycles. The first-order valence-corrected chi connectivity index (χ1v) is 15.8. The molecule has 0 heterocycles. The molecule has 1 unspecified atom stereocenters. The number of nitrogens with zero attached hydrogens (tertiary/aromatic N) is 2. The van der Waals surface area contributed by atoms with Gasteiger partial charge in [0.2, 0.25) is 11.8 Å². The van der Waals surface area contributed by atoms with Gasteiger partial charge in [0, 0.05) is 29.5 Å². The van der Waals surface area contributed by atoms with Crippen LogP contribution >= 0.6 is 27.5 Å². The van der Waals surface area contributed by atoms with Crippen molar-refractivity contribution in [1.82, 2.24) is 10.2 Å². The van der Waals surface area contributed by atoms with Crippen LogP contribution in [0.25, 0.3) is 0 Å². The molecule has 2 amide bonds. The molecule has 0 bridgehead atoms. The highest BCUT2D eigenvalue weighted by atomic mass is 79.9. The van der Waals surface area contributed by atoms with Crippen LogP contribution in [0.4, 0.5) is 5.69 Å². The van der Waals surface area contributed by atoms with Gasteiger partial charge in [-0.25, -0.2) is 8.42 Å². The summed E-state index contributed by atoms with van der Waals surface area (Å²) in [6.45, 7) is 1.29. The number of halogens is 2. The minimum atomic E-state index is -4.19. The zero-order valence-electron chi connectivity index (χ0n) is 23.2. The number of likely N-dealkylation sites (N-methyl/N-ethyl adjacent to an activating group) is 1. The lowest BCUT2D eigenvalue weighted by Gasteiger charge is -2.34. The molecular formula is C32H31BrClN3O4S. The van der Waals surface area contributed by atoms with E-state index >= 15 is 0 Å². The molecular weight excluding hydrogens is 638 g/mol. The van der Waals surface area contributed by atoms with Gasteiger partial charge in [-0.15, -0.1) is 0 Å². The highest BCUT2D eigenvalue weighted by Gasteiger charge is 2.34. The normalized spacial score (nSPS) is 11.9. The second kappa shape index (κ2) is 14.0. The fourth-order valence-electron chi connectivity index (χ4n) is 4.64. The summed E-state index contributed by atoms with van der Waals surface area (Å²) < 4.78 is 30.0. The van der Waals surface area contributed by atoms with Gasteiger partial charge in [0.1, 0.15) is 12.6 Å². The number of carbonyl (C=O) groups is 2. The molecule has 0 aliphatic rings. The maximum atomic E-state index is 14.3. The van der Waals surface area contributed by atoms with Crippen molar-refractivity contribution in [2.45, 2.75) is 30.8 Å². The second-order valence-corrected chi connectivity index (χ2v) is 12.9. The fourth-order valence-corrected chi connectivity index (χ4v) is 6.74. The molecule has 4 rings (SSSR count). The second-order valence-electron chi connectivity index (χ2n) is 9.73. The largest absolute Gasteiger partial charge is 0.357 e. The third-order valence-electron chi connectivity index (χ3n) is 6.81. The van der Waals surface area contributed by atoms with E-state index in [2.05, 4.69) is 21.2 Å². The number of benzene rings is 4. The van der Waals surface area contributed by atoms with Crippen molar-refractivity contribution in [3.05, 3.63) is 129 Å². The number of hydrogen-bond donors (Lipinski definition) is 1. The number of hydrogen-bond acceptors (Lipinski definition) is 4. The Labute approximate surface area is 260 Å². The SMILES string of the molecule is CNC(=O)C(Cc1ccccc1)N(Cc1cccc(Br)c1)C(=O)CN(c1cc(Cl)ccc1C)S(=O)(=O)c1ccccc1. The molecule has 0 saturated carbocycles. The Kier molecular flexibility index (Phi) is 10.4. The number of aryl methyl sites for hydroxylation is 1. The van der Waals surface area contributed by atoms with Crippen molar-refractivity contribution >= 4 is 55.1 Å². The molecule has 42 heavy (non-hydrogen) atoms. The molecule has 0 spiro atoms. The van der Waals surface area contributed by atoms with E-state index < -0.39 is 28.5 Å². The lowest BCUT2D eigenvalue weighted by atomic mass is 10.0. The molecule has 1 N–H and O–H groups in total. The van der Waals surface area contributed by atoms with E-state index in [1.165, 1.54) is 30.1 Å². The van der Waals surface area contributed by atoms with Crippen molar-refractivity contribution in [2.75, 3.05) is 17.9 Å². The first-order valence-electron chi connectivity index (χ1n) is 13.2. The van der Waals surface area contributed by atoms with Crippen LogP contribution in [0.2, 0.25) is 5.02 Å². The van der Waals surface area contributed by atoms with Crippen LogP contribution in [0.1, 0.15) is 16.7 Å². The zero-order valence-corrected chi connectivity index (χ0v) is 26.4. The van der Waals surface area contributed by atoms with E-state index in [0.29, 0.717) is 10.6 Å². The van der Waals surface area contributed by atoms with Crippen LogP contribution in [0.15, 0.2) is 112 Å². The van der Waals surface area contributed by atoms with Crippen LogP contribution in [0, 0.1) is 6.92 Å². The lowest BCUT2D eigenvalue weighted by molar-refractivity contribution is -0.139. The van der Waals surface area contributed by atoms with Crippen molar-refractivity contribution < 1.29 is 18.0 Å². The monoisotopic (exact) mass is 667 g/mol. The Bertz CT molecular complexity index is 1650. The number of sulfonamides is 1. The maximum Gasteiger partial charge on any atom is 0.264 e. The van der Waals surface area contributed by atoms with Crippen molar-refractivity contribution in [1.29, 1.82) is 0 Å². The third kappa shape index (κ3) is 7.59. The summed E-state index contributed by atoms with van der Waals surface area (Å²) in [5.41, 5.74) is 2.53. The van der Waals surface area contributed by atoms with Gasteiger partial charge in [0.25, 0.3) is 10.0 Å². The van der Waals surface area contributed by atoms with Crippen LogP contribution < -0.4 is 9.62 Å². The van der Waals surface area contributed by atoms with Gasteiger partial charge in [-0.05, 0) is 60.0 Å². The quantitative estimate of drug-likeness (QED) is 0.213. The predicted octanol–water partition coefficient (Wildman–Crippen LogP) is 5.99. The average molecular weight is 669 g/mol. The van der Waals surface area contributed by atoms with Gasteiger partial charge >= 0.3 is 0 Å². The summed E-state index contributed by atoms with van der Waals surface area (Å²) in [7, 11) is -2.68. The molecule has 0 radical (unpaired) electrons. The summed E-state index contributed by atoms with van der Waals surface area (Å²) in [5.74, 6) is -0.906. The fraction of sp³-hybridized carbons (Fsp3) is 0.188. The Morgan fingerprint density at radius 3 is 2.17 bits per heavy atom. The van der Waals surface area contributed by atoms with Crippen LogP contribution in [-0.2, 0) is 32.6 Å². The van der Waals surface area contributed by atoms with Crippen LogP contribution in [0.5, 0.6) is 0 Å². The Morgan fingerprint density at radius 2 is 1.52 bits per heavy atom. The van der Waals surface area contributed by atoms with Crippen molar-refractivity contribution in [3.63, 3.8) is 0 Å². The molecule has 1 atom stereocenters. The van der Waals surface area contributed by atoms with E-state index in [9.17, 15) is 18.0 Å². The van der Waals surface area contributed by atoms with Crippen molar-refractivity contribution in [2.24, 2.45) is 0 Å². The molecule has 10 heteroatoms.